The van der Waals surface area contributed by atoms with Crippen LogP contribution in [0.4, 0.5) is 5.13 Å². The Morgan fingerprint density at radius 3 is 2.84 bits per heavy atom. The van der Waals surface area contributed by atoms with Crippen molar-refractivity contribution in [3.05, 3.63) is 10.6 Å². The average molecular weight is 279 g/mol. The molecule has 0 bridgehead atoms. The zero-order valence-electron chi connectivity index (χ0n) is 12.1. The third-order valence-electron chi connectivity index (χ3n) is 4.31. The standard InChI is InChI=1S/C15H25N3S/c1-3-12-6-5-9-18(12)15-17-14(11-7-8-11)13(19-15)10-16-4-2/h11-12,16H,3-10H2,1-2H3. The van der Waals surface area contributed by atoms with Crippen LogP contribution in [0.15, 0.2) is 0 Å². The monoisotopic (exact) mass is 279 g/mol. The fourth-order valence-electron chi connectivity index (χ4n) is 3.03. The molecule has 1 saturated carbocycles. The summed E-state index contributed by atoms with van der Waals surface area (Å²) in [6.45, 7) is 7.73. The van der Waals surface area contributed by atoms with Crippen molar-refractivity contribution in [2.75, 3.05) is 18.0 Å². The van der Waals surface area contributed by atoms with Crippen LogP contribution in [-0.2, 0) is 6.54 Å². The average Bonchev–Trinajstić information content (AvgIpc) is 3.02. The lowest BCUT2D eigenvalue weighted by atomic mass is 10.2. The molecule has 4 heteroatoms. The minimum absolute atomic E-state index is 0.727. The number of nitrogens with zero attached hydrogens (tertiary/aromatic N) is 2. The van der Waals surface area contributed by atoms with E-state index in [0.717, 1.165) is 25.0 Å². The van der Waals surface area contributed by atoms with Gasteiger partial charge in [-0.2, -0.15) is 0 Å². The van der Waals surface area contributed by atoms with E-state index in [-0.39, 0.29) is 0 Å². The van der Waals surface area contributed by atoms with Gasteiger partial charge < -0.3 is 10.2 Å². The van der Waals surface area contributed by atoms with Gasteiger partial charge in [-0.25, -0.2) is 4.98 Å². The highest BCUT2D eigenvalue weighted by Crippen LogP contribution is 2.45. The van der Waals surface area contributed by atoms with E-state index >= 15 is 0 Å². The third kappa shape index (κ3) is 2.79. The molecular weight excluding hydrogens is 254 g/mol. The zero-order valence-corrected chi connectivity index (χ0v) is 12.9. The Morgan fingerprint density at radius 2 is 2.16 bits per heavy atom. The molecule has 1 aromatic heterocycles. The predicted octanol–water partition coefficient (Wildman–Crippen LogP) is 3.51. The Morgan fingerprint density at radius 1 is 1.32 bits per heavy atom. The molecule has 0 spiro atoms. The van der Waals surface area contributed by atoms with Gasteiger partial charge in [-0.05, 0) is 38.6 Å². The summed E-state index contributed by atoms with van der Waals surface area (Å²) in [6.07, 6.45) is 6.62. The number of thiazole rings is 1. The first-order chi connectivity index (χ1) is 9.33. The van der Waals surface area contributed by atoms with Crippen molar-refractivity contribution in [3.8, 4) is 0 Å². The summed E-state index contributed by atoms with van der Waals surface area (Å²) in [5.74, 6) is 0.765. The van der Waals surface area contributed by atoms with E-state index in [4.69, 9.17) is 4.98 Å². The van der Waals surface area contributed by atoms with Crippen molar-refractivity contribution in [1.29, 1.82) is 0 Å². The molecule has 1 atom stereocenters. The first kappa shape index (κ1) is 13.4. The van der Waals surface area contributed by atoms with Crippen LogP contribution in [0.3, 0.4) is 0 Å². The molecule has 0 aromatic carbocycles. The molecule has 3 rings (SSSR count). The van der Waals surface area contributed by atoms with E-state index in [2.05, 4.69) is 24.1 Å². The Balaban J connectivity index is 1.81. The summed E-state index contributed by atoms with van der Waals surface area (Å²) in [6, 6.07) is 0.727. The van der Waals surface area contributed by atoms with Crippen LogP contribution in [0.25, 0.3) is 0 Å². The molecule has 1 aromatic rings. The van der Waals surface area contributed by atoms with Crippen LogP contribution in [0.1, 0.15) is 62.4 Å². The molecular formula is C15H25N3S. The minimum Gasteiger partial charge on any atom is -0.345 e. The van der Waals surface area contributed by atoms with Crippen LogP contribution < -0.4 is 10.2 Å². The third-order valence-corrected chi connectivity index (χ3v) is 5.42. The smallest absolute Gasteiger partial charge is 0.186 e. The second-order valence-corrected chi connectivity index (χ2v) is 6.82. The highest BCUT2D eigenvalue weighted by Gasteiger charge is 2.32. The highest BCUT2D eigenvalue weighted by atomic mass is 32.1. The largest absolute Gasteiger partial charge is 0.345 e. The summed E-state index contributed by atoms with van der Waals surface area (Å²) < 4.78 is 0. The van der Waals surface area contributed by atoms with E-state index in [9.17, 15) is 0 Å². The Labute approximate surface area is 120 Å². The number of aromatic nitrogens is 1. The summed E-state index contributed by atoms with van der Waals surface area (Å²) in [7, 11) is 0. The molecule has 19 heavy (non-hydrogen) atoms. The molecule has 1 unspecified atom stereocenters. The van der Waals surface area contributed by atoms with Crippen molar-refractivity contribution in [1.82, 2.24) is 10.3 Å². The summed E-state index contributed by atoms with van der Waals surface area (Å²) in [5.41, 5.74) is 1.41. The number of hydrogen-bond acceptors (Lipinski definition) is 4. The normalized spacial score (nSPS) is 23.3. The van der Waals surface area contributed by atoms with Gasteiger partial charge in [0.15, 0.2) is 5.13 Å². The van der Waals surface area contributed by atoms with Gasteiger partial charge in [-0.15, -0.1) is 11.3 Å². The molecule has 2 fully saturated rings. The van der Waals surface area contributed by atoms with Gasteiger partial charge in [0, 0.05) is 29.9 Å². The SMILES string of the molecule is CCNCc1sc(N2CCCC2CC)nc1C1CC1. The fraction of sp³-hybridized carbons (Fsp3) is 0.800. The molecule has 3 nitrogen and oxygen atoms in total. The van der Waals surface area contributed by atoms with Gasteiger partial charge in [0.25, 0.3) is 0 Å². The molecule has 106 valence electrons. The topological polar surface area (TPSA) is 28.2 Å². The maximum Gasteiger partial charge on any atom is 0.186 e. The van der Waals surface area contributed by atoms with Gasteiger partial charge >= 0.3 is 0 Å². The van der Waals surface area contributed by atoms with Gasteiger partial charge in [-0.3, -0.25) is 0 Å². The second-order valence-electron chi connectivity index (χ2n) is 5.76. The Kier molecular flexibility index (Phi) is 4.08. The first-order valence-corrected chi connectivity index (χ1v) is 8.62. The maximum absolute atomic E-state index is 5.01. The summed E-state index contributed by atoms with van der Waals surface area (Å²) in [5, 5.41) is 4.76. The highest BCUT2D eigenvalue weighted by molar-refractivity contribution is 7.15. The number of nitrogens with one attached hydrogen (secondary N) is 1. The van der Waals surface area contributed by atoms with Crippen molar-refractivity contribution < 1.29 is 0 Å². The molecule has 1 saturated heterocycles. The Hall–Kier alpha value is -0.610. The predicted molar refractivity (Wildman–Crippen MR) is 82.1 cm³/mol. The van der Waals surface area contributed by atoms with E-state index in [1.807, 2.05) is 11.3 Å². The fourth-order valence-corrected chi connectivity index (χ4v) is 4.24. The van der Waals surface area contributed by atoms with Crippen LogP contribution >= 0.6 is 11.3 Å². The van der Waals surface area contributed by atoms with Gasteiger partial charge in [0.2, 0.25) is 0 Å². The second kappa shape index (κ2) is 5.80. The lowest BCUT2D eigenvalue weighted by Gasteiger charge is -2.22. The van der Waals surface area contributed by atoms with Gasteiger partial charge in [0.05, 0.1) is 5.69 Å². The quantitative estimate of drug-likeness (QED) is 0.863. The number of anilines is 1. The molecule has 1 aliphatic carbocycles. The van der Waals surface area contributed by atoms with Crippen LogP contribution in [0.5, 0.6) is 0 Å². The van der Waals surface area contributed by atoms with E-state index in [0.29, 0.717) is 0 Å². The molecule has 0 radical (unpaired) electrons. The van der Waals surface area contributed by atoms with Crippen molar-refractivity contribution in [3.63, 3.8) is 0 Å². The van der Waals surface area contributed by atoms with E-state index in [1.54, 1.807) is 0 Å². The van der Waals surface area contributed by atoms with Crippen LogP contribution in [-0.4, -0.2) is 24.1 Å². The minimum atomic E-state index is 0.727. The maximum atomic E-state index is 5.01. The van der Waals surface area contributed by atoms with Crippen LogP contribution in [0, 0.1) is 0 Å². The summed E-state index contributed by atoms with van der Waals surface area (Å²) >= 11 is 1.94. The zero-order chi connectivity index (χ0) is 13.2. The van der Waals surface area contributed by atoms with Crippen molar-refractivity contribution >= 4 is 16.5 Å². The molecule has 1 N–H and O–H groups in total. The number of hydrogen-bond donors (Lipinski definition) is 1. The Bertz CT molecular complexity index is 425. The first-order valence-electron chi connectivity index (χ1n) is 7.80. The molecule has 2 heterocycles. The summed E-state index contributed by atoms with van der Waals surface area (Å²) in [4.78, 5) is 9.06. The molecule has 2 aliphatic rings. The van der Waals surface area contributed by atoms with Crippen molar-refractivity contribution in [2.24, 2.45) is 0 Å². The van der Waals surface area contributed by atoms with Crippen LogP contribution in [0.2, 0.25) is 0 Å². The molecule has 0 amide bonds. The van der Waals surface area contributed by atoms with Gasteiger partial charge in [0.1, 0.15) is 0 Å². The lowest BCUT2D eigenvalue weighted by molar-refractivity contribution is 0.643. The number of rotatable bonds is 6. The van der Waals surface area contributed by atoms with Gasteiger partial charge in [-0.1, -0.05) is 13.8 Å². The lowest BCUT2D eigenvalue weighted by Crippen LogP contribution is -2.28. The van der Waals surface area contributed by atoms with Crippen molar-refractivity contribution in [2.45, 2.75) is 64.5 Å². The van der Waals surface area contributed by atoms with E-state index in [1.165, 1.54) is 54.4 Å². The molecule has 1 aliphatic heterocycles. The van der Waals surface area contributed by atoms with E-state index < -0.39 is 0 Å².